The van der Waals surface area contributed by atoms with Gasteiger partial charge in [-0.1, -0.05) is 57.1 Å². The molecular weight excluding hydrogens is 352 g/mol. The first-order valence-corrected chi connectivity index (χ1v) is 11.5. The van der Waals surface area contributed by atoms with E-state index in [-0.39, 0.29) is 24.4 Å². The summed E-state index contributed by atoms with van der Waals surface area (Å²) in [5.74, 6) is -0.671. The van der Waals surface area contributed by atoms with Crippen LogP contribution >= 0.6 is 0 Å². The Bertz CT molecular complexity index is 390. The van der Waals surface area contributed by atoms with Gasteiger partial charge in [0.15, 0.2) is 0 Å². The molecule has 2 unspecified atom stereocenters. The number of carboxylic acid groups (broad SMARTS) is 1. The molecule has 0 radical (unpaired) electrons. The lowest BCUT2D eigenvalue weighted by molar-refractivity contribution is -0.137. The molecular formula is C24H46O4. The van der Waals surface area contributed by atoms with E-state index in [9.17, 15) is 4.79 Å². The molecule has 0 aliphatic rings. The third-order valence-corrected chi connectivity index (χ3v) is 4.75. The van der Waals surface area contributed by atoms with E-state index in [1.54, 1.807) is 0 Å². The van der Waals surface area contributed by atoms with Crippen LogP contribution in [0, 0.1) is 0 Å². The van der Waals surface area contributed by atoms with E-state index in [0.717, 1.165) is 25.7 Å². The van der Waals surface area contributed by atoms with E-state index in [1.807, 2.05) is 0 Å². The number of carboxylic acids is 1. The molecule has 4 nitrogen and oxygen atoms in total. The van der Waals surface area contributed by atoms with Gasteiger partial charge >= 0.3 is 5.97 Å². The van der Waals surface area contributed by atoms with Crippen molar-refractivity contribution in [1.82, 2.24) is 0 Å². The molecule has 0 saturated carbocycles. The highest BCUT2D eigenvalue weighted by molar-refractivity contribution is 5.66. The van der Waals surface area contributed by atoms with Crippen LogP contribution in [-0.4, -0.2) is 35.5 Å². The second kappa shape index (κ2) is 18.2. The fourth-order valence-electron chi connectivity index (χ4n) is 3.35. The maximum absolute atomic E-state index is 10.4. The van der Waals surface area contributed by atoms with Gasteiger partial charge in [-0.3, -0.25) is 4.79 Å². The molecule has 0 rings (SSSR count). The summed E-state index contributed by atoms with van der Waals surface area (Å²) in [5.41, 5.74) is 0. The Balaban J connectivity index is 3.67. The van der Waals surface area contributed by atoms with Crippen molar-refractivity contribution in [2.75, 3.05) is 0 Å². The molecule has 0 saturated heterocycles. The van der Waals surface area contributed by atoms with E-state index in [2.05, 4.69) is 46.8 Å². The fourth-order valence-corrected chi connectivity index (χ4v) is 3.35. The number of hydrogen-bond donors (Lipinski definition) is 1. The van der Waals surface area contributed by atoms with Gasteiger partial charge in [-0.05, 0) is 60.3 Å². The smallest absolute Gasteiger partial charge is 0.303 e. The largest absolute Gasteiger partial charge is 0.481 e. The van der Waals surface area contributed by atoms with E-state index >= 15 is 0 Å². The maximum Gasteiger partial charge on any atom is 0.303 e. The number of ether oxygens (including phenoxy) is 2. The average Bonchev–Trinajstić information content (AvgIpc) is 2.59. The monoisotopic (exact) mass is 398 g/mol. The van der Waals surface area contributed by atoms with Crippen LogP contribution in [0.2, 0.25) is 0 Å². The minimum Gasteiger partial charge on any atom is -0.481 e. The Hall–Kier alpha value is -0.870. The van der Waals surface area contributed by atoms with Crippen LogP contribution in [0.4, 0.5) is 0 Å². The van der Waals surface area contributed by atoms with Crippen LogP contribution in [0.1, 0.15) is 112 Å². The number of aliphatic carboxylic acids is 1. The van der Waals surface area contributed by atoms with Gasteiger partial charge in [-0.25, -0.2) is 0 Å². The topological polar surface area (TPSA) is 55.8 Å². The van der Waals surface area contributed by atoms with Crippen molar-refractivity contribution in [2.24, 2.45) is 0 Å². The highest BCUT2D eigenvalue weighted by Gasteiger charge is 2.19. The summed E-state index contributed by atoms with van der Waals surface area (Å²) in [6, 6.07) is 0. The summed E-state index contributed by atoms with van der Waals surface area (Å²) >= 11 is 0. The Labute approximate surface area is 174 Å². The van der Waals surface area contributed by atoms with Gasteiger partial charge in [0.2, 0.25) is 0 Å². The van der Waals surface area contributed by atoms with Gasteiger partial charge in [-0.2, -0.15) is 0 Å². The molecule has 1 N–H and O–H groups in total. The summed E-state index contributed by atoms with van der Waals surface area (Å²) in [5, 5.41) is 8.59. The van der Waals surface area contributed by atoms with Crippen molar-refractivity contribution in [3.8, 4) is 0 Å². The summed E-state index contributed by atoms with van der Waals surface area (Å²) in [7, 11) is 0. The van der Waals surface area contributed by atoms with Gasteiger partial charge in [0.1, 0.15) is 0 Å². The lowest BCUT2D eigenvalue weighted by atomic mass is 10.1. The number of carbonyl (C=O) groups is 1. The summed E-state index contributed by atoms with van der Waals surface area (Å²) in [4.78, 5) is 10.4. The minimum absolute atomic E-state index is 0.108. The van der Waals surface area contributed by atoms with Crippen LogP contribution in [-0.2, 0) is 14.3 Å². The zero-order chi connectivity index (χ0) is 21.2. The Morgan fingerprint density at radius 1 is 0.750 bits per heavy atom. The predicted octanol–water partition coefficient (Wildman–Crippen LogP) is 6.92. The molecule has 0 amide bonds. The Morgan fingerprint density at radius 3 is 1.75 bits per heavy atom. The van der Waals surface area contributed by atoms with Gasteiger partial charge in [0, 0.05) is 6.42 Å². The molecule has 0 aromatic carbocycles. The van der Waals surface area contributed by atoms with Crippen molar-refractivity contribution in [1.29, 1.82) is 0 Å². The molecule has 0 fully saturated rings. The average molecular weight is 399 g/mol. The normalized spacial score (nSPS) is 14.2. The highest BCUT2D eigenvalue weighted by Crippen LogP contribution is 2.15. The molecule has 0 heterocycles. The lowest BCUT2D eigenvalue weighted by Crippen LogP contribution is -2.32. The first-order valence-electron chi connectivity index (χ1n) is 11.5. The van der Waals surface area contributed by atoms with E-state index in [4.69, 9.17) is 14.6 Å². The zero-order valence-corrected chi connectivity index (χ0v) is 19.1. The number of rotatable bonds is 19. The van der Waals surface area contributed by atoms with Crippen molar-refractivity contribution in [3.05, 3.63) is 12.2 Å². The molecule has 4 heteroatoms. The Kier molecular flexibility index (Phi) is 17.6. The lowest BCUT2D eigenvalue weighted by Gasteiger charge is -2.27. The van der Waals surface area contributed by atoms with E-state index in [1.165, 1.54) is 44.9 Å². The quantitative estimate of drug-likeness (QED) is 0.190. The SMILES string of the molecule is CC(C)OC(C)C(CC=CCCCCCCCCCCCC(=O)O)OC(C)C. The molecule has 166 valence electrons. The summed E-state index contributed by atoms with van der Waals surface area (Å²) in [6.45, 7) is 10.4. The van der Waals surface area contributed by atoms with Crippen LogP contribution in [0.15, 0.2) is 12.2 Å². The van der Waals surface area contributed by atoms with Crippen LogP contribution in [0.3, 0.4) is 0 Å². The van der Waals surface area contributed by atoms with Gasteiger partial charge < -0.3 is 14.6 Å². The zero-order valence-electron chi connectivity index (χ0n) is 19.1. The number of allylic oxidation sites excluding steroid dienone is 1. The molecule has 0 aromatic rings. The third kappa shape index (κ3) is 18.5. The maximum atomic E-state index is 10.4. The summed E-state index contributed by atoms with van der Waals surface area (Å²) < 4.78 is 11.9. The van der Waals surface area contributed by atoms with Crippen molar-refractivity contribution < 1.29 is 19.4 Å². The van der Waals surface area contributed by atoms with Crippen molar-refractivity contribution in [3.63, 3.8) is 0 Å². The third-order valence-electron chi connectivity index (χ3n) is 4.75. The predicted molar refractivity (Wildman–Crippen MR) is 118 cm³/mol. The van der Waals surface area contributed by atoms with Gasteiger partial charge in [0.25, 0.3) is 0 Å². The highest BCUT2D eigenvalue weighted by atomic mass is 16.5. The molecule has 28 heavy (non-hydrogen) atoms. The number of unbranched alkanes of at least 4 members (excludes halogenated alkanes) is 9. The van der Waals surface area contributed by atoms with Gasteiger partial charge in [0.05, 0.1) is 24.4 Å². The molecule has 0 spiro atoms. The van der Waals surface area contributed by atoms with E-state index in [0.29, 0.717) is 6.42 Å². The molecule has 0 bridgehead atoms. The first kappa shape index (κ1) is 27.1. The number of hydrogen-bond acceptors (Lipinski definition) is 3. The fraction of sp³-hybridized carbons (Fsp3) is 0.875. The Morgan fingerprint density at radius 2 is 1.25 bits per heavy atom. The van der Waals surface area contributed by atoms with Crippen molar-refractivity contribution in [2.45, 2.75) is 136 Å². The standard InChI is InChI=1S/C24H46O4/c1-20(2)27-22(5)23(28-21(3)4)18-16-14-12-10-8-6-7-9-11-13-15-17-19-24(25)26/h14,16,20-23H,6-13,15,17-19H2,1-5H3,(H,25,26). The second-order valence-corrected chi connectivity index (χ2v) is 8.43. The molecule has 0 aliphatic heterocycles. The van der Waals surface area contributed by atoms with Crippen LogP contribution < -0.4 is 0 Å². The van der Waals surface area contributed by atoms with Gasteiger partial charge in [-0.15, -0.1) is 0 Å². The molecule has 2 atom stereocenters. The van der Waals surface area contributed by atoms with Crippen LogP contribution in [0.25, 0.3) is 0 Å². The molecule has 0 aromatic heterocycles. The summed E-state index contributed by atoms with van der Waals surface area (Å²) in [6.07, 6.45) is 18.3. The van der Waals surface area contributed by atoms with Crippen LogP contribution in [0.5, 0.6) is 0 Å². The van der Waals surface area contributed by atoms with Crippen molar-refractivity contribution >= 4 is 5.97 Å². The molecule has 0 aliphatic carbocycles. The first-order chi connectivity index (χ1) is 13.3. The van der Waals surface area contributed by atoms with E-state index < -0.39 is 5.97 Å². The second-order valence-electron chi connectivity index (χ2n) is 8.43. The minimum atomic E-state index is -0.671.